The van der Waals surface area contributed by atoms with E-state index >= 15 is 0 Å². The van der Waals surface area contributed by atoms with Gasteiger partial charge in [-0.05, 0) is 43.4 Å². The fourth-order valence-corrected chi connectivity index (χ4v) is 2.68. The Morgan fingerprint density at radius 2 is 1.67 bits per heavy atom. The third kappa shape index (κ3) is 4.95. The van der Waals surface area contributed by atoms with Gasteiger partial charge in [-0.15, -0.1) is 0 Å². The van der Waals surface area contributed by atoms with Crippen LogP contribution in [0.1, 0.15) is 57.9 Å². The van der Waals surface area contributed by atoms with Crippen molar-refractivity contribution in [1.82, 2.24) is 5.32 Å². The molecule has 0 heterocycles. The molecule has 0 atom stereocenters. The fourth-order valence-electron chi connectivity index (χ4n) is 2.68. The number of ether oxygens (including phenoxy) is 1. The first-order chi connectivity index (χ1) is 10.1. The van der Waals surface area contributed by atoms with Gasteiger partial charge in [-0.25, -0.2) is 8.78 Å². The van der Waals surface area contributed by atoms with E-state index in [1.54, 1.807) is 0 Å². The SMILES string of the molecule is CC(C)NCc1cc(F)c(OC2CCCCCC2)c(F)c1. The van der Waals surface area contributed by atoms with Crippen LogP contribution in [-0.2, 0) is 6.54 Å². The minimum atomic E-state index is -0.597. The molecule has 1 saturated carbocycles. The van der Waals surface area contributed by atoms with Gasteiger partial charge >= 0.3 is 0 Å². The van der Waals surface area contributed by atoms with Crippen LogP contribution < -0.4 is 10.1 Å². The molecule has 1 aromatic carbocycles. The molecule has 0 radical (unpaired) electrons. The van der Waals surface area contributed by atoms with Gasteiger partial charge in [0.25, 0.3) is 0 Å². The molecule has 0 aromatic heterocycles. The molecule has 0 spiro atoms. The van der Waals surface area contributed by atoms with Gasteiger partial charge in [0.15, 0.2) is 17.4 Å². The van der Waals surface area contributed by atoms with Crippen LogP contribution in [0.3, 0.4) is 0 Å². The third-order valence-electron chi connectivity index (χ3n) is 3.86. The summed E-state index contributed by atoms with van der Waals surface area (Å²) in [5.41, 5.74) is 0.604. The molecule has 1 aliphatic rings. The Bertz CT molecular complexity index is 431. The van der Waals surface area contributed by atoms with E-state index in [1.165, 1.54) is 25.0 Å². The molecule has 0 amide bonds. The first-order valence-corrected chi connectivity index (χ1v) is 7.94. The lowest BCUT2D eigenvalue weighted by Gasteiger charge is -2.18. The zero-order valence-electron chi connectivity index (χ0n) is 12.9. The molecule has 1 aromatic rings. The van der Waals surface area contributed by atoms with E-state index in [-0.39, 0.29) is 17.9 Å². The Morgan fingerprint density at radius 1 is 1.10 bits per heavy atom. The number of rotatable bonds is 5. The van der Waals surface area contributed by atoms with Crippen molar-refractivity contribution in [2.45, 2.75) is 71.1 Å². The zero-order valence-corrected chi connectivity index (χ0v) is 12.9. The van der Waals surface area contributed by atoms with Crippen molar-refractivity contribution in [3.8, 4) is 5.75 Å². The lowest BCUT2D eigenvalue weighted by molar-refractivity contribution is 0.167. The molecule has 0 aliphatic heterocycles. The number of halogens is 2. The number of benzene rings is 1. The average Bonchev–Trinajstić information content (AvgIpc) is 2.69. The maximum absolute atomic E-state index is 14.1. The maximum atomic E-state index is 14.1. The van der Waals surface area contributed by atoms with Crippen molar-refractivity contribution in [3.63, 3.8) is 0 Å². The number of hydrogen-bond acceptors (Lipinski definition) is 2. The number of nitrogens with one attached hydrogen (secondary N) is 1. The largest absolute Gasteiger partial charge is 0.484 e. The molecule has 1 fully saturated rings. The Hall–Kier alpha value is -1.16. The lowest BCUT2D eigenvalue weighted by atomic mass is 10.1. The van der Waals surface area contributed by atoms with Crippen LogP contribution in [0.15, 0.2) is 12.1 Å². The van der Waals surface area contributed by atoms with Gasteiger partial charge in [0.2, 0.25) is 0 Å². The average molecular weight is 297 g/mol. The van der Waals surface area contributed by atoms with E-state index < -0.39 is 11.6 Å². The first kappa shape index (κ1) is 16.2. The van der Waals surface area contributed by atoms with Crippen molar-refractivity contribution in [2.24, 2.45) is 0 Å². The molecule has 0 bridgehead atoms. The van der Waals surface area contributed by atoms with Gasteiger partial charge in [0, 0.05) is 12.6 Å². The van der Waals surface area contributed by atoms with E-state index in [0.29, 0.717) is 12.1 Å². The summed E-state index contributed by atoms with van der Waals surface area (Å²) in [5.74, 6) is -1.41. The highest BCUT2D eigenvalue weighted by Gasteiger charge is 2.19. The highest BCUT2D eigenvalue weighted by Crippen LogP contribution is 2.28. The highest BCUT2D eigenvalue weighted by atomic mass is 19.1. The second-order valence-electron chi connectivity index (χ2n) is 6.16. The monoisotopic (exact) mass is 297 g/mol. The van der Waals surface area contributed by atoms with Gasteiger partial charge in [0.1, 0.15) is 0 Å². The van der Waals surface area contributed by atoms with E-state index in [1.807, 2.05) is 13.8 Å². The molecular formula is C17H25F2NO. The molecule has 4 heteroatoms. The van der Waals surface area contributed by atoms with Crippen molar-refractivity contribution >= 4 is 0 Å². The fraction of sp³-hybridized carbons (Fsp3) is 0.647. The predicted molar refractivity (Wildman–Crippen MR) is 80.5 cm³/mol. The van der Waals surface area contributed by atoms with Crippen LogP contribution in [0.5, 0.6) is 5.75 Å². The summed E-state index contributed by atoms with van der Waals surface area (Å²) in [6.07, 6.45) is 6.23. The Balaban J connectivity index is 2.05. The summed E-state index contributed by atoms with van der Waals surface area (Å²) in [4.78, 5) is 0. The topological polar surface area (TPSA) is 21.3 Å². The summed E-state index contributed by atoms with van der Waals surface area (Å²) in [7, 11) is 0. The Kier molecular flexibility index (Phi) is 5.97. The second kappa shape index (κ2) is 7.74. The third-order valence-corrected chi connectivity index (χ3v) is 3.86. The number of hydrogen-bond donors (Lipinski definition) is 1. The van der Waals surface area contributed by atoms with E-state index in [2.05, 4.69) is 5.32 Å². The summed E-state index contributed by atoms with van der Waals surface area (Å²) in [5, 5.41) is 3.15. The lowest BCUT2D eigenvalue weighted by Crippen LogP contribution is -2.22. The predicted octanol–water partition coefficient (Wildman–Crippen LogP) is 4.56. The van der Waals surface area contributed by atoms with Gasteiger partial charge in [-0.3, -0.25) is 0 Å². The van der Waals surface area contributed by atoms with Gasteiger partial charge in [-0.2, -0.15) is 0 Å². The standard InChI is InChI=1S/C17H25F2NO/c1-12(2)20-11-13-9-15(18)17(16(19)10-13)21-14-7-5-3-4-6-8-14/h9-10,12,14,20H,3-8,11H2,1-2H3. The molecule has 1 aliphatic carbocycles. The van der Waals surface area contributed by atoms with Gasteiger partial charge in [0.05, 0.1) is 6.10 Å². The molecule has 1 N–H and O–H groups in total. The normalized spacial score (nSPS) is 17.0. The van der Waals surface area contributed by atoms with Gasteiger partial charge in [-0.1, -0.05) is 26.7 Å². The molecule has 2 nitrogen and oxygen atoms in total. The summed E-state index contributed by atoms with van der Waals surface area (Å²) in [6.45, 7) is 4.45. The van der Waals surface area contributed by atoms with E-state index in [4.69, 9.17) is 4.74 Å². The molecular weight excluding hydrogens is 272 g/mol. The summed E-state index contributed by atoms with van der Waals surface area (Å²) >= 11 is 0. The van der Waals surface area contributed by atoms with Crippen LogP contribution in [0.4, 0.5) is 8.78 Å². The Morgan fingerprint density at radius 3 is 2.19 bits per heavy atom. The minimum absolute atomic E-state index is 0.0591. The van der Waals surface area contributed by atoms with Crippen molar-refractivity contribution < 1.29 is 13.5 Å². The first-order valence-electron chi connectivity index (χ1n) is 7.94. The summed E-state index contributed by atoms with van der Waals surface area (Å²) in [6, 6.07) is 3.01. The van der Waals surface area contributed by atoms with Crippen LogP contribution in [0.2, 0.25) is 0 Å². The van der Waals surface area contributed by atoms with Crippen LogP contribution >= 0.6 is 0 Å². The van der Waals surface area contributed by atoms with Crippen molar-refractivity contribution in [2.75, 3.05) is 0 Å². The van der Waals surface area contributed by atoms with Crippen molar-refractivity contribution in [1.29, 1.82) is 0 Å². The highest BCUT2D eigenvalue weighted by molar-refractivity contribution is 5.31. The molecule has 0 unspecified atom stereocenters. The maximum Gasteiger partial charge on any atom is 0.191 e. The zero-order chi connectivity index (χ0) is 15.2. The van der Waals surface area contributed by atoms with Crippen LogP contribution in [-0.4, -0.2) is 12.1 Å². The molecule has 2 rings (SSSR count). The van der Waals surface area contributed by atoms with Crippen LogP contribution in [0.25, 0.3) is 0 Å². The smallest absolute Gasteiger partial charge is 0.191 e. The molecule has 0 saturated heterocycles. The van der Waals surface area contributed by atoms with E-state index in [9.17, 15) is 8.78 Å². The molecule has 21 heavy (non-hydrogen) atoms. The minimum Gasteiger partial charge on any atom is -0.484 e. The van der Waals surface area contributed by atoms with Gasteiger partial charge < -0.3 is 10.1 Å². The quantitative estimate of drug-likeness (QED) is 0.804. The second-order valence-corrected chi connectivity index (χ2v) is 6.16. The van der Waals surface area contributed by atoms with E-state index in [0.717, 1.165) is 25.7 Å². The van der Waals surface area contributed by atoms with Crippen LogP contribution in [0, 0.1) is 11.6 Å². The summed E-state index contributed by atoms with van der Waals surface area (Å²) < 4.78 is 33.8. The van der Waals surface area contributed by atoms with Crippen molar-refractivity contribution in [3.05, 3.63) is 29.3 Å². The molecule has 118 valence electrons. The Labute approximate surface area is 125 Å².